The highest BCUT2D eigenvalue weighted by atomic mass is 32.2. The van der Waals surface area contributed by atoms with E-state index in [0.29, 0.717) is 28.3 Å². The molecule has 0 radical (unpaired) electrons. The van der Waals surface area contributed by atoms with Gasteiger partial charge in [0.15, 0.2) is 4.88 Å². The Labute approximate surface area is 128 Å². The van der Waals surface area contributed by atoms with Crippen molar-refractivity contribution in [3.63, 3.8) is 0 Å². The lowest BCUT2D eigenvalue weighted by Gasteiger charge is -2.16. The minimum atomic E-state index is -0.592. The van der Waals surface area contributed by atoms with Crippen LogP contribution in [0.15, 0.2) is 28.3 Å². The van der Waals surface area contributed by atoms with Crippen LogP contribution in [0.4, 0.5) is 4.39 Å². The first-order valence-electron chi connectivity index (χ1n) is 6.15. The van der Waals surface area contributed by atoms with Crippen molar-refractivity contribution in [2.75, 3.05) is 5.75 Å². The topological polar surface area (TPSA) is 64.4 Å². The van der Waals surface area contributed by atoms with E-state index in [4.69, 9.17) is 4.84 Å². The van der Waals surface area contributed by atoms with E-state index in [9.17, 15) is 9.18 Å². The van der Waals surface area contributed by atoms with Crippen molar-refractivity contribution in [1.29, 1.82) is 0 Å². The molecular formula is C13H10FN3O2S2. The van der Waals surface area contributed by atoms with Crippen molar-refractivity contribution in [2.45, 2.75) is 18.2 Å². The lowest BCUT2D eigenvalue weighted by Crippen LogP contribution is -2.12. The van der Waals surface area contributed by atoms with Crippen molar-refractivity contribution >= 4 is 35.0 Å². The largest absolute Gasteiger partial charge is 0.379 e. The van der Waals surface area contributed by atoms with Gasteiger partial charge < -0.3 is 4.84 Å². The molecule has 5 nitrogen and oxygen atoms in total. The Morgan fingerprint density at radius 1 is 1.48 bits per heavy atom. The summed E-state index contributed by atoms with van der Waals surface area (Å²) in [5.41, 5.74) is 1.76. The van der Waals surface area contributed by atoms with Crippen molar-refractivity contribution in [1.82, 2.24) is 9.59 Å². The zero-order chi connectivity index (χ0) is 14.8. The summed E-state index contributed by atoms with van der Waals surface area (Å²) in [6.07, 6.45) is 0.619. The van der Waals surface area contributed by atoms with E-state index in [-0.39, 0.29) is 5.82 Å². The second kappa shape index (κ2) is 5.90. The summed E-state index contributed by atoms with van der Waals surface area (Å²) in [5, 5.41) is 7.65. The first kappa shape index (κ1) is 14.2. The van der Waals surface area contributed by atoms with Crippen LogP contribution in [-0.4, -0.2) is 27.0 Å². The van der Waals surface area contributed by atoms with Gasteiger partial charge in [-0.2, -0.15) is 0 Å². The minimum absolute atomic E-state index is 0.323. The zero-order valence-electron chi connectivity index (χ0n) is 11.0. The monoisotopic (exact) mass is 323 g/mol. The van der Waals surface area contributed by atoms with Gasteiger partial charge in [0.1, 0.15) is 5.82 Å². The van der Waals surface area contributed by atoms with Gasteiger partial charge in [-0.3, -0.25) is 0 Å². The molecule has 1 aromatic heterocycles. The van der Waals surface area contributed by atoms with Gasteiger partial charge >= 0.3 is 5.97 Å². The number of halogens is 1. The van der Waals surface area contributed by atoms with E-state index < -0.39 is 5.97 Å². The Balaban J connectivity index is 1.84. The molecule has 0 atom stereocenters. The number of nitrogens with zero attached hydrogens (tertiary/aromatic N) is 3. The fraction of sp³-hybridized carbons (Fsp3) is 0.231. The van der Waals surface area contributed by atoms with Crippen LogP contribution in [0.25, 0.3) is 0 Å². The first-order chi connectivity index (χ1) is 10.1. The molecule has 0 amide bonds. The van der Waals surface area contributed by atoms with Crippen LogP contribution in [0.3, 0.4) is 0 Å². The number of hydrogen-bond acceptors (Lipinski definition) is 7. The number of aromatic nitrogens is 2. The summed E-state index contributed by atoms with van der Waals surface area (Å²) in [4.78, 5) is 18.1. The molecule has 108 valence electrons. The van der Waals surface area contributed by atoms with Crippen LogP contribution in [0.1, 0.15) is 27.3 Å². The highest BCUT2D eigenvalue weighted by Gasteiger charge is 2.19. The molecule has 2 aromatic rings. The number of hydrogen-bond donors (Lipinski definition) is 0. The number of oxime groups is 1. The van der Waals surface area contributed by atoms with E-state index in [1.165, 1.54) is 12.1 Å². The molecule has 0 unspecified atom stereocenters. The molecule has 0 bridgehead atoms. The summed E-state index contributed by atoms with van der Waals surface area (Å²) in [7, 11) is 0. The normalized spacial score (nSPS) is 15.8. The van der Waals surface area contributed by atoms with Gasteiger partial charge in [0, 0.05) is 22.6 Å². The van der Waals surface area contributed by atoms with Gasteiger partial charge in [0.2, 0.25) is 0 Å². The summed E-state index contributed by atoms with van der Waals surface area (Å²) >= 11 is 2.59. The van der Waals surface area contributed by atoms with Gasteiger partial charge in [-0.25, -0.2) is 9.18 Å². The highest BCUT2D eigenvalue weighted by Crippen LogP contribution is 2.30. The second-order valence-electron chi connectivity index (χ2n) is 4.34. The smallest absolute Gasteiger partial charge is 0.311 e. The number of benzene rings is 1. The second-order valence-corrected chi connectivity index (χ2v) is 6.23. The van der Waals surface area contributed by atoms with Crippen LogP contribution < -0.4 is 0 Å². The van der Waals surface area contributed by atoms with Gasteiger partial charge in [-0.15, -0.1) is 16.9 Å². The molecular weight excluding hydrogens is 313 g/mol. The predicted octanol–water partition coefficient (Wildman–Crippen LogP) is 3.04. The van der Waals surface area contributed by atoms with Gasteiger partial charge in [-0.05, 0) is 36.7 Å². The molecule has 0 fully saturated rings. The highest BCUT2D eigenvalue weighted by molar-refractivity contribution is 7.99. The standard InChI is InChI=1S/C13H10FN3O2S2/c1-7-12(21-17-15-7)13(18)19-16-10-4-5-20-11-3-2-8(14)6-9(10)11/h2-3,6H,4-5H2,1H3. The molecule has 0 saturated carbocycles. The zero-order valence-corrected chi connectivity index (χ0v) is 12.6. The molecule has 0 aliphatic carbocycles. The lowest BCUT2D eigenvalue weighted by atomic mass is 10.1. The van der Waals surface area contributed by atoms with Crippen LogP contribution in [0.2, 0.25) is 0 Å². The Morgan fingerprint density at radius 2 is 2.33 bits per heavy atom. The molecule has 3 rings (SSSR count). The maximum absolute atomic E-state index is 13.4. The molecule has 0 N–H and O–H groups in total. The molecule has 0 spiro atoms. The van der Waals surface area contributed by atoms with E-state index in [1.54, 1.807) is 24.8 Å². The third-order valence-corrected chi connectivity index (χ3v) is 4.81. The van der Waals surface area contributed by atoms with E-state index in [0.717, 1.165) is 22.2 Å². The molecule has 0 saturated heterocycles. The van der Waals surface area contributed by atoms with E-state index in [1.807, 2.05) is 0 Å². The fourth-order valence-electron chi connectivity index (χ4n) is 1.90. The Kier molecular flexibility index (Phi) is 3.98. The van der Waals surface area contributed by atoms with Crippen molar-refractivity contribution in [2.24, 2.45) is 5.16 Å². The van der Waals surface area contributed by atoms with Crippen LogP contribution in [0.5, 0.6) is 0 Å². The van der Waals surface area contributed by atoms with Crippen LogP contribution >= 0.6 is 23.3 Å². The van der Waals surface area contributed by atoms with Crippen molar-refractivity contribution in [3.8, 4) is 0 Å². The Bertz CT molecular complexity index is 730. The summed E-state index contributed by atoms with van der Waals surface area (Å²) in [5.74, 6) is -0.111. The lowest BCUT2D eigenvalue weighted by molar-refractivity contribution is 0.0520. The maximum atomic E-state index is 13.4. The molecule has 21 heavy (non-hydrogen) atoms. The van der Waals surface area contributed by atoms with Gasteiger partial charge in [0.05, 0.1) is 11.4 Å². The summed E-state index contributed by atoms with van der Waals surface area (Å²) in [6, 6.07) is 4.53. The number of thioether (sulfide) groups is 1. The average molecular weight is 323 g/mol. The quantitative estimate of drug-likeness (QED) is 0.628. The predicted molar refractivity (Wildman–Crippen MR) is 78.3 cm³/mol. The molecule has 2 heterocycles. The number of aryl methyl sites for hydroxylation is 1. The average Bonchev–Trinajstić information content (AvgIpc) is 2.91. The molecule has 1 aliphatic heterocycles. The number of rotatable bonds is 2. The van der Waals surface area contributed by atoms with E-state index >= 15 is 0 Å². The fourth-order valence-corrected chi connectivity index (χ4v) is 3.44. The van der Waals surface area contributed by atoms with Crippen molar-refractivity contribution < 1.29 is 14.0 Å². The maximum Gasteiger partial charge on any atom is 0.379 e. The van der Waals surface area contributed by atoms with Crippen LogP contribution in [-0.2, 0) is 4.84 Å². The third-order valence-electron chi connectivity index (χ3n) is 2.92. The molecule has 8 heteroatoms. The number of carbonyl (C=O) groups excluding carboxylic acids is 1. The Morgan fingerprint density at radius 3 is 3.10 bits per heavy atom. The van der Waals surface area contributed by atoms with E-state index in [2.05, 4.69) is 14.7 Å². The van der Waals surface area contributed by atoms with Crippen LogP contribution in [0, 0.1) is 12.7 Å². The summed E-state index contributed by atoms with van der Waals surface area (Å²) in [6.45, 7) is 1.68. The Hall–Kier alpha value is -1.80. The number of fused-ring (bicyclic) bond motifs is 1. The first-order valence-corrected chi connectivity index (χ1v) is 7.91. The van der Waals surface area contributed by atoms with Gasteiger partial charge in [0.25, 0.3) is 0 Å². The minimum Gasteiger partial charge on any atom is -0.311 e. The number of carbonyl (C=O) groups is 1. The third kappa shape index (κ3) is 2.96. The van der Waals surface area contributed by atoms with Gasteiger partial charge in [-0.1, -0.05) is 9.64 Å². The molecule has 1 aliphatic rings. The SMILES string of the molecule is Cc1nnsc1C(=O)ON=C1CCSc2ccc(F)cc21. The molecule has 1 aromatic carbocycles. The van der Waals surface area contributed by atoms with Crippen molar-refractivity contribution in [3.05, 3.63) is 40.2 Å². The summed E-state index contributed by atoms with van der Waals surface area (Å²) < 4.78 is 17.0.